The van der Waals surface area contributed by atoms with Crippen LogP contribution in [0.2, 0.25) is 5.02 Å². The van der Waals surface area contributed by atoms with Crippen LogP contribution in [0.4, 0.5) is 10.6 Å². The molecule has 0 aliphatic heterocycles. The standard InChI is InChI=1S/C27H24ClN5.CH3NO2/c28-21-15-19-11-12-22(17-7-3-1-4-8-17)31-23(19)16-20(21)24-25-26(29)30-13-14-33(25)27(32-24)18-9-5-2-6-10-18;2-1(3)4/h1,3-4,7-8,11-16,18H,2,5-6,9-10H2,(H2,29,30);2H2,(H,3,4). The summed E-state index contributed by atoms with van der Waals surface area (Å²) in [5.41, 5.74) is 15.7. The normalized spacial score (nSPS) is 13.9. The summed E-state index contributed by atoms with van der Waals surface area (Å²) in [7, 11) is 0. The van der Waals surface area contributed by atoms with E-state index in [-0.39, 0.29) is 0 Å². The van der Waals surface area contributed by atoms with Gasteiger partial charge in [0.05, 0.1) is 16.2 Å². The number of hydrogen-bond donors (Lipinski definition) is 3. The molecule has 3 heterocycles. The first-order valence-electron chi connectivity index (χ1n) is 12.2. The monoisotopic (exact) mass is 514 g/mol. The summed E-state index contributed by atoms with van der Waals surface area (Å²) in [5, 5.41) is 8.82. The van der Waals surface area contributed by atoms with Gasteiger partial charge in [-0.25, -0.2) is 19.7 Å². The first-order valence-corrected chi connectivity index (χ1v) is 12.6. The van der Waals surface area contributed by atoms with E-state index in [1.165, 1.54) is 19.3 Å². The summed E-state index contributed by atoms with van der Waals surface area (Å²) < 4.78 is 2.11. The molecule has 0 spiro atoms. The fourth-order valence-electron chi connectivity index (χ4n) is 5.02. The molecule has 0 unspecified atom stereocenters. The molecule has 0 atom stereocenters. The Morgan fingerprint density at radius 1 is 1.03 bits per heavy atom. The predicted molar refractivity (Wildman–Crippen MR) is 147 cm³/mol. The molecule has 188 valence electrons. The van der Waals surface area contributed by atoms with Gasteiger partial charge in [-0.05, 0) is 31.0 Å². The molecule has 8 nitrogen and oxygen atoms in total. The maximum absolute atomic E-state index is 8.78. The number of halogens is 1. The molecule has 1 fully saturated rings. The average Bonchev–Trinajstić information content (AvgIpc) is 3.29. The van der Waals surface area contributed by atoms with Crippen LogP contribution in [-0.2, 0) is 0 Å². The molecule has 5 N–H and O–H groups in total. The van der Waals surface area contributed by atoms with Crippen molar-refractivity contribution in [1.29, 1.82) is 0 Å². The van der Waals surface area contributed by atoms with Crippen LogP contribution in [0, 0.1) is 0 Å². The molecule has 0 radical (unpaired) electrons. The molecule has 1 amide bonds. The highest BCUT2D eigenvalue weighted by Gasteiger charge is 2.25. The number of carboxylic acid groups (broad SMARTS) is 1. The molecule has 9 heteroatoms. The van der Waals surface area contributed by atoms with Crippen LogP contribution >= 0.6 is 11.6 Å². The number of pyridine rings is 1. The molecule has 1 aliphatic carbocycles. The van der Waals surface area contributed by atoms with Crippen molar-refractivity contribution in [3.63, 3.8) is 0 Å². The van der Waals surface area contributed by atoms with Crippen molar-refractivity contribution < 1.29 is 9.90 Å². The summed E-state index contributed by atoms with van der Waals surface area (Å²) in [6.07, 6.45) is 8.43. The molecule has 1 aliphatic rings. The highest BCUT2D eigenvalue weighted by Crippen LogP contribution is 2.39. The van der Waals surface area contributed by atoms with E-state index in [0.29, 0.717) is 16.8 Å². The molecule has 1 saturated carbocycles. The zero-order chi connectivity index (χ0) is 25.9. The van der Waals surface area contributed by atoms with Crippen LogP contribution in [0.5, 0.6) is 0 Å². The minimum atomic E-state index is -1.33. The number of nitrogen functional groups attached to an aromatic ring is 1. The number of benzene rings is 2. The lowest BCUT2D eigenvalue weighted by Crippen LogP contribution is -2.09. The summed E-state index contributed by atoms with van der Waals surface area (Å²) in [6, 6.07) is 18.3. The minimum Gasteiger partial charge on any atom is -0.465 e. The summed E-state index contributed by atoms with van der Waals surface area (Å²) in [4.78, 5) is 23.2. The van der Waals surface area contributed by atoms with Crippen molar-refractivity contribution in [3.05, 3.63) is 77.8 Å². The Labute approximate surface area is 218 Å². The number of imidazole rings is 1. The second-order valence-electron chi connectivity index (χ2n) is 9.11. The van der Waals surface area contributed by atoms with Crippen molar-refractivity contribution in [2.24, 2.45) is 5.73 Å². The van der Waals surface area contributed by atoms with Crippen molar-refractivity contribution in [3.8, 4) is 22.5 Å². The Kier molecular flexibility index (Phi) is 6.92. The Hall–Kier alpha value is -4.17. The number of nitrogens with zero attached hydrogens (tertiary/aromatic N) is 4. The van der Waals surface area contributed by atoms with Gasteiger partial charge in [0, 0.05) is 34.8 Å². The largest absolute Gasteiger partial charge is 0.465 e. The van der Waals surface area contributed by atoms with Gasteiger partial charge in [0.25, 0.3) is 0 Å². The minimum absolute atomic E-state index is 0.420. The van der Waals surface area contributed by atoms with E-state index in [2.05, 4.69) is 33.3 Å². The van der Waals surface area contributed by atoms with Gasteiger partial charge in [0.1, 0.15) is 22.9 Å². The van der Waals surface area contributed by atoms with Gasteiger partial charge in [-0.15, -0.1) is 0 Å². The Morgan fingerprint density at radius 3 is 2.49 bits per heavy atom. The highest BCUT2D eigenvalue weighted by molar-refractivity contribution is 6.34. The number of hydrogen-bond acceptors (Lipinski definition) is 5. The molecule has 2 aromatic carbocycles. The number of amides is 1. The van der Waals surface area contributed by atoms with Gasteiger partial charge in [0.15, 0.2) is 0 Å². The SMILES string of the molecule is NC(=O)O.Nc1nccn2c(C3CCCCC3)nc(-c3cc4nc(-c5ccccc5)ccc4cc3Cl)c12. The molecule has 3 aromatic heterocycles. The fourth-order valence-corrected chi connectivity index (χ4v) is 5.28. The van der Waals surface area contributed by atoms with Crippen LogP contribution in [0.15, 0.2) is 67.0 Å². The number of aromatic nitrogens is 4. The topological polar surface area (TPSA) is 132 Å². The average molecular weight is 515 g/mol. The van der Waals surface area contributed by atoms with E-state index >= 15 is 0 Å². The predicted octanol–water partition coefficient (Wildman–Crippen LogP) is 6.52. The molecule has 0 bridgehead atoms. The van der Waals surface area contributed by atoms with Gasteiger partial charge in [-0.3, -0.25) is 4.40 Å². The molecule has 0 saturated heterocycles. The molecule has 6 rings (SSSR count). The number of fused-ring (bicyclic) bond motifs is 2. The third-order valence-electron chi connectivity index (χ3n) is 6.68. The molecular formula is C28H27ClN6O2. The van der Waals surface area contributed by atoms with Crippen molar-refractivity contribution in [1.82, 2.24) is 19.4 Å². The van der Waals surface area contributed by atoms with Crippen molar-refractivity contribution in [2.45, 2.75) is 38.0 Å². The van der Waals surface area contributed by atoms with Crippen LogP contribution in [-0.4, -0.2) is 30.6 Å². The summed E-state index contributed by atoms with van der Waals surface area (Å²) in [5.74, 6) is 1.93. The van der Waals surface area contributed by atoms with Gasteiger partial charge in [0.2, 0.25) is 0 Å². The molecular weight excluding hydrogens is 488 g/mol. The molecule has 5 aromatic rings. The van der Waals surface area contributed by atoms with Crippen molar-refractivity contribution in [2.75, 3.05) is 5.73 Å². The second kappa shape index (κ2) is 10.4. The van der Waals surface area contributed by atoms with Crippen LogP contribution in [0.25, 0.3) is 38.9 Å². The van der Waals surface area contributed by atoms with Gasteiger partial charge in [-0.1, -0.05) is 67.3 Å². The third-order valence-corrected chi connectivity index (χ3v) is 7.00. The van der Waals surface area contributed by atoms with E-state index in [4.69, 9.17) is 37.2 Å². The number of primary amides is 1. The van der Waals surface area contributed by atoms with E-state index in [1.807, 2.05) is 42.6 Å². The zero-order valence-corrected chi connectivity index (χ0v) is 20.9. The van der Waals surface area contributed by atoms with Crippen molar-refractivity contribution >= 4 is 39.9 Å². The molecule has 37 heavy (non-hydrogen) atoms. The number of carbonyl (C=O) groups is 1. The number of nitrogens with two attached hydrogens (primary N) is 2. The Balaban J connectivity index is 0.000000655. The summed E-state index contributed by atoms with van der Waals surface area (Å²) >= 11 is 6.80. The van der Waals surface area contributed by atoms with E-state index in [1.54, 1.807) is 6.20 Å². The maximum atomic E-state index is 8.78. The Bertz CT molecular complexity index is 1570. The third kappa shape index (κ3) is 5.06. The highest BCUT2D eigenvalue weighted by atomic mass is 35.5. The fraction of sp³-hybridized carbons (Fsp3) is 0.214. The Morgan fingerprint density at radius 2 is 1.76 bits per heavy atom. The van der Waals surface area contributed by atoms with Gasteiger partial charge < -0.3 is 16.6 Å². The first-order chi connectivity index (χ1) is 17.9. The number of rotatable bonds is 3. The lowest BCUT2D eigenvalue weighted by molar-refractivity contribution is 0.205. The zero-order valence-electron chi connectivity index (χ0n) is 20.1. The van der Waals surface area contributed by atoms with E-state index in [0.717, 1.165) is 57.6 Å². The number of anilines is 1. The smallest absolute Gasteiger partial charge is 0.402 e. The quantitative estimate of drug-likeness (QED) is 0.251. The van der Waals surface area contributed by atoms with Crippen LogP contribution < -0.4 is 11.5 Å². The van der Waals surface area contributed by atoms with Gasteiger partial charge >= 0.3 is 6.09 Å². The lowest BCUT2D eigenvalue weighted by atomic mass is 9.89. The van der Waals surface area contributed by atoms with Crippen LogP contribution in [0.3, 0.4) is 0 Å². The summed E-state index contributed by atoms with van der Waals surface area (Å²) in [6.45, 7) is 0. The van der Waals surface area contributed by atoms with Crippen LogP contribution in [0.1, 0.15) is 43.8 Å². The lowest BCUT2D eigenvalue weighted by Gasteiger charge is -2.20. The maximum Gasteiger partial charge on any atom is 0.402 e. The van der Waals surface area contributed by atoms with E-state index in [9.17, 15) is 0 Å². The van der Waals surface area contributed by atoms with E-state index < -0.39 is 6.09 Å². The first kappa shape index (κ1) is 24.5. The second-order valence-corrected chi connectivity index (χ2v) is 9.52. The van der Waals surface area contributed by atoms with Gasteiger partial charge in [-0.2, -0.15) is 0 Å².